The zero-order chi connectivity index (χ0) is 13.1. The number of hydrogen-bond donors (Lipinski definition) is 1. The molecule has 4 nitrogen and oxygen atoms in total. The molecule has 0 amide bonds. The average Bonchev–Trinajstić information content (AvgIpc) is 2.80. The van der Waals surface area contributed by atoms with E-state index in [4.69, 9.17) is 5.73 Å². The van der Waals surface area contributed by atoms with Crippen LogP contribution in [0.1, 0.15) is 12.5 Å². The number of halogens is 1. The highest BCUT2D eigenvalue weighted by Crippen LogP contribution is 2.23. The summed E-state index contributed by atoms with van der Waals surface area (Å²) in [6, 6.07) is 5.40. The Bertz CT molecular complexity index is 582. The third-order valence-corrected chi connectivity index (χ3v) is 4.46. The quantitative estimate of drug-likeness (QED) is 0.878. The molecule has 1 atom stereocenters. The fraction of sp³-hybridized carbons (Fsp3) is 0.250. The number of aryl methyl sites for hydroxylation is 1. The first-order valence-electron chi connectivity index (χ1n) is 5.55. The van der Waals surface area contributed by atoms with E-state index in [2.05, 4.69) is 21.0 Å². The van der Waals surface area contributed by atoms with Crippen LogP contribution < -0.4 is 5.73 Å². The first-order chi connectivity index (χ1) is 8.60. The van der Waals surface area contributed by atoms with E-state index in [-0.39, 0.29) is 0 Å². The van der Waals surface area contributed by atoms with Crippen LogP contribution in [0.5, 0.6) is 0 Å². The zero-order valence-electron chi connectivity index (χ0n) is 9.97. The van der Waals surface area contributed by atoms with Crippen molar-refractivity contribution < 1.29 is 4.21 Å². The summed E-state index contributed by atoms with van der Waals surface area (Å²) in [4.78, 5) is 0.661. The third kappa shape index (κ3) is 3.00. The van der Waals surface area contributed by atoms with Crippen molar-refractivity contribution in [1.82, 2.24) is 9.78 Å². The Hall–Kier alpha value is -1.14. The normalized spacial score (nSPS) is 12.6. The molecule has 0 saturated heterocycles. The van der Waals surface area contributed by atoms with Crippen molar-refractivity contribution in [1.29, 1.82) is 0 Å². The summed E-state index contributed by atoms with van der Waals surface area (Å²) in [5, 5.41) is 4.16. The molecule has 0 saturated carbocycles. The van der Waals surface area contributed by atoms with Gasteiger partial charge >= 0.3 is 0 Å². The lowest BCUT2D eigenvalue weighted by Gasteiger charge is -2.05. The molecule has 0 spiro atoms. The summed E-state index contributed by atoms with van der Waals surface area (Å²) < 4.78 is 15.0. The molecular weight excluding hydrogens is 314 g/mol. The Balaban J connectivity index is 2.19. The number of rotatable bonds is 4. The molecule has 1 heterocycles. The standard InChI is InChI=1S/C12H14BrN3OS/c1-2-16-7-9(6-15-16)8-18(17)12-5-10(13)3-4-11(12)14/h3-7H,2,8,14H2,1H3. The summed E-state index contributed by atoms with van der Waals surface area (Å²) in [7, 11) is -1.15. The molecule has 0 aliphatic rings. The van der Waals surface area contributed by atoms with E-state index >= 15 is 0 Å². The van der Waals surface area contributed by atoms with Gasteiger partial charge in [0.1, 0.15) is 0 Å². The monoisotopic (exact) mass is 327 g/mol. The minimum absolute atomic E-state index is 0.431. The van der Waals surface area contributed by atoms with Gasteiger partial charge in [-0.15, -0.1) is 0 Å². The third-order valence-electron chi connectivity index (χ3n) is 2.53. The Morgan fingerprint density at radius 3 is 2.94 bits per heavy atom. The molecular formula is C12H14BrN3OS. The van der Waals surface area contributed by atoms with Crippen molar-refractivity contribution >= 4 is 32.4 Å². The number of nitrogen functional groups attached to an aromatic ring is 1. The number of aromatic nitrogens is 2. The zero-order valence-corrected chi connectivity index (χ0v) is 12.4. The van der Waals surface area contributed by atoms with E-state index in [0.717, 1.165) is 16.6 Å². The Morgan fingerprint density at radius 1 is 1.50 bits per heavy atom. The molecule has 6 heteroatoms. The molecule has 96 valence electrons. The molecule has 2 N–H and O–H groups in total. The van der Waals surface area contributed by atoms with Crippen LogP contribution >= 0.6 is 15.9 Å². The lowest BCUT2D eigenvalue weighted by Crippen LogP contribution is -2.00. The molecule has 18 heavy (non-hydrogen) atoms. The van der Waals surface area contributed by atoms with Gasteiger partial charge in [0.15, 0.2) is 0 Å². The maximum absolute atomic E-state index is 12.3. The fourth-order valence-corrected chi connectivity index (χ4v) is 3.30. The van der Waals surface area contributed by atoms with Gasteiger partial charge in [-0.3, -0.25) is 8.89 Å². The first kappa shape index (κ1) is 13.3. The van der Waals surface area contributed by atoms with Gasteiger partial charge in [0, 0.05) is 28.5 Å². The predicted octanol–water partition coefficient (Wildman–Crippen LogP) is 2.56. The highest BCUT2D eigenvalue weighted by Gasteiger charge is 2.10. The fourth-order valence-electron chi connectivity index (χ4n) is 1.59. The second-order valence-electron chi connectivity index (χ2n) is 3.88. The minimum atomic E-state index is -1.15. The van der Waals surface area contributed by atoms with Crippen molar-refractivity contribution in [3.8, 4) is 0 Å². The second-order valence-corrected chi connectivity index (χ2v) is 6.21. The molecule has 1 aromatic heterocycles. The van der Waals surface area contributed by atoms with E-state index < -0.39 is 10.8 Å². The SMILES string of the molecule is CCn1cc(CS(=O)c2cc(Br)ccc2N)cn1. The maximum Gasteiger partial charge on any atom is 0.0632 e. The van der Waals surface area contributed by atoms with Crippen molar-refractivity contribution in [2.24, 2.45) is 0 Å². The van der Waals surface area contributed by atoms with Crippen LogP contribution in [0.4, 0.5) is 5.69 Å². The van der Waals surface area contributed by atoms with Crippen LogP contribution in [-0.4, -0.2) is 14.0 Å². The molecule has 0 aliphatic heterocycles. The number of hydrogen-bond acceptors (Lipinski definition) is 3. The summed E-state index contributed by atoms with van der Waals surface area (Å²) >= 11 is 3.36. The van der Waals surface area contributed by atoms with Gasteiger partial charge in [0.25, 0.3) is 0 Å². The predicted molar refractivity (Wildman–Crippen MR) is 76.6 cm³/mol. The highest BCUT2D eigenvalue weighted by molar-refractivity contribution is 9.10. The topological polar surface area (TPSA) is 60.9 Å². The van der Waals surface area contributed by atoms with Crippen molar-refractivity contribution in [2.75, 3.05) is 5.73 Å². The Labute approximate surface area is 117 Å². The van der Waals surface area contributed by atoms with Gasteiger partial charge in [-0.2, -0.15) is 5.10 Å². The highest BCUT2D eigenvalue weighted by atomic mass is 79.9. The first-order valence-corrected chi connectivity index (χ1v) is 7.66. The summed E-state index contributed by atoms with van der Waals surface area (Å²) in [6.45, 7) is 2.83. The average molecular weight is 328 g/mol. The van der Waals surface area contributed by atoms with Crippen LogP contribution in [0.2, 0.25) is 0 Å². The van der Waals surface area contributed by atoms with Gasteiger partial charge in [0.2, 0.25) is 0 Å². The molecule has 0 bridgehead atoms. The van der Waals surface area contributed by atoms with Crippen LogP contribution in [0.25, 0.3) is 0 Å². The van der Waals surface area contributed by atoms with Gasteiger partial charge in [-0.25, -0.2) is 0 Å². The minimum Gasteiger partial charge on any atom is -0.398 e. The van der Waals surface area contributed by atoms with Crippen LogP contribution in [-0.2, 0) is 23.1 Å². The van der Waals surface area contributed by atoms with Crippen LogP contribution in [0.15, 0.2) is 40.0 Å². The van der Waals surface area contributed by atoms with Crippen LogP contribution in [0.3, 0.4) is 0 Å². The number of nitrogens with zero attached hydrogens (tertiary/aromatic N) is 2. The largest absolute Gasteiger partial charge is 0.398 e. The molecule has 0 fully saturated rings. The van der Waals surface area contributed by atoms with Crippen LogP contribution in [0, 0.1) is 0 Å². The molecule has 2 aromatic rings. The molecule has 0 aliphatic carbocycles. The van der Waals surface area contributed by atoms with Crippen molar-refractivity contribution in [3.05, 3.63) is 40.6 Å². The van der Waals surface area contributed by atoms with Gasteiger partial charge in [-0.1, -0.05) is 15.9 Å². The summed E-state index contributed by atoms with van der Waals surface area (Å²) in [6.07, 6.45) is 3.65. The van der Waals surface area contributed by atoms with E-state index in [1.165, 1.54) is 0 Å². The van der Waals surface area contributed by atoms with Gasteiger partial charge in [0.05, 0.1) is 27.6 Å². The van der Waals surface area contributed by atoms with Gasteiger partial charge in [-0.05, 0) is 25.1 Å². The molecule has 0 radical (unpaired) electrons. The van der Waals surface area contributed by atoms with Crippen molar-refractivity contribution in [2.45, 2.75) is 24.1 Å². The lowest BCUT2D eigenvalue weighted by atomic mass is 10.3. The Kier molecular flexibility index (Phi) is 4.19. The number of benzene rings is 1. The Morgan fingerprint density at radius 2 is 2.28 bits per heavy atom. The lowest BCUT2D eigenvalue weighted by molar-refractivity contribution is 0.659. The molecule has 1 unspecified atom stereocenters. The van der Waals surface area contributed by atoms with Gasteiger partial charge < -0.3 is 5.73 Å². The molecule has 2 rings (SSSR count). The smallest absolute Gasteiger partial charge is 0.0632 e. The van der Waals surface area contributed by atoms with Crippen molar-refractivity contribution in [3.63, 3.8) is 0 Å². The summed E-state index contributed by atoms with van der Waals surface area (Å²) in [5.74, 6) is 0.431. The molecule has 1 aromatic carbocycles. The number of anilines is 1. The summed E-state index contributed by atoms with van der Waals surface area (Å²) in [5.41, 5.74) is 7.35. The van der Waals surface area contributed by atoms with E-state index in [0.29, 0.717) is 16.3 Å². The maximum atomic E-state index is 12.3. The second kappa shape index (κ2) is 5.67. The van der Waals surface area contributed by atoms with E-state index in [1.807, 2.05) is 23.9 Å². The van der Waals surface area contributed by atoms with E-state index in [1.54, 1.807) is 18.3 Å². The number of nitrogens with two attached hydrogens (primary N) is 1. The van der Waals surface area contributed by atoms with E-state index in [9.17, 15) is 4.21 Å².